The molecule has 9 heteroatoms. The van der Waals surface area contributed by atoms with Gasteiger partial charge < -0.3 is 18.9 Å². The van der Waals surface area contributed by atoms with Crippen LogP contribution in [-0.4, -0.2) is 63.2 Å². The number of benzene rings is 7. The molecule has 1 aliphatic heterocycles. The van der Waals surface area contributed by atoms with Crippen LogP contribution in [0.1, 0.15) is 51.8 Å². The summed E-state index contributed by atoms with van der Waals surface area (Å²) in [6, 6.07) is 70.9. The molecule has 1 heterocycles. The minimum Gasteiger partial charge on any atom is -0.372 e. The standard InChI is InChI=1S/C57H59NO7S/c1-66(59,60)65-52(44-64-57(49-31-17-6-18-32-49,50-33-19-7-20-34-50)51-35-21-8-22-36-51)37-38-53(61-41-46-25-11-3-12-26-46)55-56(63-43-48-29-15-5-16-30-48)54(62-42-47-27-13-4-14-28-47)40-58(55)39-45-23-9-2-10-24-45/h2-36,52-56H,37-44H2,1H3/t52?,53-,54+,55+,56-/m1/s1. The molecule has 7 aromatic carbocycles. The number of rotatable bonds is 23. The predicted octanol–water partition coefficient (Wildman–Crippen LogP) is 10.8. The van der Waals surface area contributed by atoms with Crippen molar-refractivity contribution in [2.24, 2.45) is 0 Å². The zero-order chi connectivity index (χ0) is 45.4. The average Bonchev–Trinajstić information content (AvgIpc) is 3.70. The van der Waals surface area contributed by atoms with Gasteiger partial charge in [-0.1, -0.05) is 212 Å². The monoisotopic (exact) mass is 901 g/mol. The Morgan fingerprint density at radius 2 is 0.939 bits per heavy atom. The Hall–Kier alpha value is -5.75. The minimum absolute atomic E-state index is 0.0354. The molecule has 1 saturated heterocycles. The van der Waals surface area contributed by atoms with Crippen LogP contribution < -0.4 is 0 Å². The van der Waals surface area contributed by atoms with Crippen LogP contribution in [0.15, 0.2) is 212 Å². The van der Waals surface area contributed by atoms with Crippen molar-refractivity contribution in [3.8, 4) is 0 Å². The first-order valence-electron chi connectivity index (χ1n) is 22.8. The average molecular weight is 902 g/mol. The summed E-state index contributed by atoms with van der Waals surface area (Å²) >= 11 is 0. The molecule has 0 aromatic heterocycles. The Labute approximate surface area is 390 Å². The summed E-state index contributed by atoms with van der Waals surface area (Å²) in [5, 5.41) is 0. The van der Waals surface area contributed by atoms with Gasteiger partial charge in [-0.15, -0.1) is 0 Å². The van der Waals surface area contributed by atoms with Crippen LogP contribution in [0.3, 0.4) is 0 Å². The van der Waals surface area contributed by atoms with E-state index in [9.17, 15) is 8.42 Å². The maximum atomic E-state index is 13.2. The third kappa shape index (κ3) is 12.6. The highest BCUT2D eigenvalue weighted by Gasteiger charge is 2.48. The number of hydrogen-bond acceptors (Lipinski definition) is 8. The third-order valence-corrected chi connectivity index (χ3v) is 12.8. The van der Waals surface area contributed by atoms with Crippen LogP contribution in [-0.2, 0) is 65.2 Å². The molecule has 340 valence electrons. The molecule has 8 rings (SSSR count). The van der Waals surface area contributed by atoms with Gasteiger partial charge in [-0.2, -0.15) is 8.42 Å². The van der Waals surface area contributed by atoms with Gasteiger partial charge >= 0.3 is 0 Å². The molecule has 1 unspecified atom stereocenters. The molecule has 1 aliphatic rings. The maximum absolute atomic E-state index is 13.2. The topological polar surface area (TPSA) is 83.5 Å². The van der Waals surface area contributed by atoms with Crippen LogP contribution in [0.5, 0.6) is 0 Å². The van der Waals surface area contributed by atoms with Crippen molar-refractivity contribution in [2.45, 2.75) is 75.3 Å². The van der Waals surface area contributed by atoms with Crippen molar-refractivity contribution in [3.05, 3.63) is 251 Å². The molecule has 0 saturated carbocycles. The molecule has 0 N–H and O–H groups in total. The fraction of sp³-hybridized carbons (Fsp3) is 0.263. The minimum atomic E-state index is -3.93. The summed E-state index contributed by atoms with van der Waals surface area (Å²) in [7, 11) is -3.93. The van der Waals surface area contributed by atoms with E-state index < -0.39 is 34.0 Å². The molecule has 0 aliphatic carbocycles. The first-order valence-corrected chi connectivity index (χ1v) is 24.6. The Balaban J connectivity index is 1.15. The number of nitrogens with zero attached hydrogens (tertiary/aromatic N) is 1. The summed E-state index contributed by atoms with van der Waals surface area (Å²) in [6.07, 6.45) is -0.201. The Bertz CT molecular complexity index is 2480. The van der Waals surface area contributed by atoms with E-state index in [1.807, 2.05) is 152 Å². The van der Waals surface area contributed by atoms with E-state index in [-0.39, 0.29) is 18.8 Å². The molecule has 0 spiro atoms. The second-order valence-electron chi connectivity index (χ2n) is 16.9. The van der Waals surface area contributed by atoms with Crippen molar-refractivity contribution in [1.82, 2.24) is 4.90 Å². The molecule has 0 amide bonds. The Morgan fingerprint density at radius 3 is 1.39 bits per heavy atom. The molecule has 8 nitrogen and oxygen atoms in total. The summed E-state index contributed by atoms with van der Waals surface area (Å²) in [5.41, 5.74) is 5.96. The predicted molar refractivity (Wildman–Crippen MR) is 260 cm³/mol. The third-order valence-electron chi connectivity index (χ3n) is 12.2. The fourth-order valence-corrected chi connectivity index (χ4v) is 9.74. The molecule has 0 bridgehead atoms. The quantitative estimate of drug-likeness (QED) is 0.0464. The SMILES string of the molecule is CS(=O)(=O)OC(CC[C@@H](OCc1ccccc1)[C@H]1[C@H](OCc2ccccc2)[C@@H](OCc2ccccc2)CN1Cc1ccccc1)COC(c1ccccc1)(c1ccccc1)c1ccccc1. The van der Waals surface area contributed by atoms with Gasteiger partial charge in [-0.3, -0.25) is 9.08 Å². The lowest BCUT2D eigenvalue weighted by Gasteiger charge is -2.38. The van der Waals surface area contributed by atoms with Crippen molar-refractivity contribution in [2.75, 3.05) is 19.4 Å². The molecule has 66 heavy (non-hydrogen) atoms. The summed E-state index contributed by atoms with van der Waals surface area (Å²) < 4.78 is 60.6. The van der Waals surface area contributed by atoms with E-state index in [0.717, 1.165) is 45.2 Å². The van der Waals surface area contributed by atoms with Gasteiger partial charge in [0.25, 0.3) is 10.1 Å². The van der Waals surface area contributed by atoms with Crippen molar-refractivity contribution in [1.29, 1.82) is 0 Å². The van der Waals surface area contributed by atoms with Crippen LogP contribution in [0.4, 0.5) is 0 Å². The highest BCUT2D eigenvalue weighted by molar-refractivity contribution is 7.86. The van der Waals surface area contributed by atoms with E-state index in [1.54, 1.807) is 0 Å². The van der Waals surface area contributed by atoms with E-state index in [4.69, 9.17) is 23.1 Å². The number of likely N-dealkylation sites (tertiary alicyclic amines) is 1. The molecule has 5 atom stereocenters. The summed E-state index contributed by atoms with van der Waals surface area (Å²) in [5.74, 6) is 0. The highest BCUT2D eigenvalue weighted by Crippen LogP contribution is 2.41. The van der Waals surface area contributed by atoms with Gasteiger partial charge in [0.2, 0.25) is 0 Å². The van der Waals surface area contributed by atoms with Crippen molar-refractivity contribution in [3.63, 3.8) is 0 Å². The van der Waals surface area contributed by atoms with Crippen LogP contribution in [0.2, 0.25) is 0 Å². The van der Waals surface area contributed by atoms with Crippen molar-refractivity contribution >= 4 is 10.1 Å². The first-order chi connectivity index (χ1) is 32.3. The highest BCUT2D eigenvalue weighted by atomic mass is 32.2. The lowest BCUT2D eigenvalue weighted by molar-refractivity contribution is -0.106. The van der Waals surface area contributed by atoms with E-state index in [0.29, 0.717) is 45.8 Å². The molecular weight excluding hydrogens is 843 g/mol. The molecular formula is C57H59NO7S. The van der Waals surface area contributed by atoms with Crippen LogP contribution >= 0.6 is 0 Å². The molecule has 0 radical (unpaired) electrons. The van der Waals surface area contributed by atoms with Crippen molar-refractivity contribution < 1.29 is 31.5 Å². The van der Waals surface area contributed by atoms with Gasteiger partial charge in [0.1, 0.15) is 17.8 Å². The van der Waals surface area contributed by atoms with E-state index in [2.05, 4.69) is 65.6 Å². The number of ether oxygens (including phenoxy) is 4. The van der Waals surface area contributed by atoms with Gasteiger partial charge in [0.05, 0.1) is 50.9 Å². The van der Waals surface area contributed by atoms with Gasteiger partial charge in [0, 0.05) is 13.1 Å². The number of hydrogen-bond donors (Lipinski definition) is 0. The fourth-order valence-electron chi connectivity index (χ4n) is 9.09. The Kier molecular flexibility index (Phi) is 16.4. The van der Waals surface area contributed by atoms with Crippen LogP contribution in [0.25, 0.3) is 0 Å². The molecule has 1 fully saturated rings. The van der Waals surface area contributed by atoms with Gasteiger partial charge in [-0.05, 0) is 51.8 Å². The second-order valence-corrected chi connectivity index (χ2v) is 18.5. The van der Waals surface area contributed by atoms with Crippen LogP contribution in [0, 0.1) is 0 Å². The summed E-state index contributed by atoms with van der Waals surface area (Å²) in [6.45, 7) is 2.34. The lowest BCUT2D eigenvalue weighted by atomic mass is 9.80. The lowest BCUT2D eigenvalue weighted by Crippen LogP contribution is -2.48. The maximum Gasteiger partial charge on any atom is 0.264 e. The zero-order valence-electron chi connectivity index (χ0n) is 37.5. The van der Waals surface area contributed by atoms with Gasteiger partial charge in [0.15, 0.2) is 0 Å². The smallest absolute Gasteiger partial charge is 0.264 e. The van der Waals surface area contributed by atoms with E-state index in [1.165, 1.54) is 0 Å². The van der Waals surface area contributed by atoms with Gasteiger partial charge in [-0.25, -0.2) is 0 Å². The summed E-state index contributed by atoms with van der Waals surface area (Å²) in [4.78, 5) is 2.42. The normalized spacial score (nSPS) is 17.6. The molecule has 7 aromatic rings. The Morgan fingerprint density at radius 1 is 0.530 bits per heavy atom. The second kappa shape index (κ2) is 23.1. The van der Waals surface area contributed by atoms with E-state index >= 15 is 0 Å². The zero-order valence-corrected chi connectivity index (χ0v) is 38.3. The largest absolute Gasteiger partial charge is 0.372 e. The first kappa shape index (κ1) is 46.8.